The molecule has 2 aromatic rings. The largest absolute Gasteiger partial charge is 0.447 e. The molecule has 4 nitrogen and oxygen atoms in total. The van der Waals surface area contributed by atoms with Crippen LogP contribution in [0.3, 0.4) is 0 Å². The van der Waals surface area contributed by atoms with E-state index in [9.17, 15) is 9.59 Å². The zero-order chi connectivity index (χ0) is 18.7. The van der Waals surface area contributed by atoms with Gasteiger partial charge in [0.05, 0.1) is 6.04 Å². The topological polar surface area (TPSA) is 46.6 Å². The predicted molar refractivity (Wildman–Crippen MR) is 101 cm³/mol. The number of hydrogen-bond donors (Lipinski definition) is 0. The number of ether oxygens (including phenoxy) is 1. The lowest BCUT2D eigenvalue weighted by Crippen LogP contribution is -2.42. The Morgan fingerprint density at radius 3 is 2.46 bits per heavy atom. The molecule has 3 rings (SSSR count). The molecule has 2 amide bonds. The molecule has 0 saturated carbocycles. The van der Waals surface area contributed by atoms with Gasteiger partial charge < -0.3 is 4.74 Å². The van der Waals surface area contributed by atoms with Gasteiger partial charge in [-0.15, -0.1) is 0 Å². The summed E-state index contributed by atoms with van der Waals surface area (Å²) < 4.78 is 5.16. The Morgan fingerprint density at radius 2 is 1.81 bits per heavy atom. The Hall–Kier alpha value is -2.33. The number of carbonyl (C=O) groups excluding carboxylic acids is 2. The Kier molecular flexibility index (Phi) is 5.33. The van der Waals surface area contributed by atoms with E-state index in [2.05, 4.69) is 0 Å². The first kappa shape index (κ1) is 18.5. The highest BCUT2D eigenvalue weighted by atomic mass is 35.5. The molecule has 0 N–H and O–H groups in total. The zero-order valence-electron chi connectivity index (χ0n) is 14.9. The van der Waals surface area contributed by atoms with Gasteiger partial charge in [-0.3, -0.25) is 4.79 Å². The van der Waals surface area contributed by atoms with E-state index in [-0.39, 0.29) is 25.0 Å². The molecule has 2 aromatic carbocycles. The number of benzene rings is 2. The molecule has 0 bridgehead atoms. The molecule has 1 aliphatic heterocycles. The molecule has 0 aliphatic carbocycles. The minimum Gasteiger partial charge on any atom is -0.447 e. The van der Waals surface area contributed by atoms with Gasteiger partial charge in [0.1, 0.15) is 6.61 Å². The van der Waals surface area contributed by atoms with Crippen molar-refractivity contribution in [2.45, 2.75) is 38.1 Å². The van der Waals surface area contributed by atoms with Crippen molar-refractivity contribution in [3.05, 3.63) is 70.7 Å². The van der Waals surface area contributed by atoms with E-state index in [1.807, 2.05) is 68.4 Å². The van der Waals surface area contributed by atoms with Gasteiger partial charge in [0.2, 0.25) is 5.91 Å². The van der Waals surface area contributed by atoms with Crippen molar-refractivity contribution >= 4 is 23.6 Å². The highest BCUT2D eigenvalue weighted by Crippen LogP contribution is 2.30. The first-order valence-electron chi connectivity index (χ1n) is 8.65. The van der Waals surface area contributed by atoms with E-state index >= 15 is 0 Å². The van der Waals surface area contributed by atoms with Crippen molar-refractivity contribution in [2.24, 2.45) is 0 Å². The van der Waals surface area contributed by atoms with Crippen LogP contribution in [-0.4, -0.2) is 29.5 Å². The van der Waals surface area contributed by atoms with Crippen molar-refractivity contribution < 1.29 is 14.3 Å². The van der Waals surface area contributed by atoms with Crippen LogP contribution in [0.25, 0.3) is 0 Å². The molecular weight excluding hydrogens is 350 g/mol. The van der Waals surface area contributed by atoms with Crippen LogP contribution in [0, 0.1) is 0 Å². The van der Waals surface area contributed by atoms with Crippen molar-refractivity contribution in [1.82, 2.24) is 4.90 Å². The molecular formula is C21H22ClNO3. The van der Waals surface area contributed by atoms with Crippen LogP contribution in [0.2, 0.25) is 5.02 Å². The first-order chi connectivity index (χ1) is 12.4. The van der Waals surface area contributed by atoms with Crippen molar-refractivity contribution in [3.63, 3.8) is 0 Å². The molecule has 1 atom stereocenters. The van der Waals surface area contributed by atoms with E-state index < -0.39 is 11.5 Å². The number of rotatable bonds is 5. The second-order valence-electron chi connectivity index (χ2n) is 7.25. The molecule has 0 aromatic heterocycles. The van der Waals surface area contributed by atoms with Gasteiger partial charge in [-0.25, -0.2) is 9.69 Å². The van der Waals surface area contributed by atoms with E-state index in [0.717, 1.165) is 11.1 Å². The van der Waals surface area contributed by atoms with Crippen LogP contribution < -0.4 is 0 Å². The maximum absolute atomic E-state index is 12.9. The fourth-order valence-electron chi connectivity index (χ4n) is 3.27. The van der Waals surface area contributed by atoms with Crippen LogP contribution in [0.4, 0.5) is 4.79 Å². The fourth-order valence-corrected chi connectivity index (χ4v) is 3.39. The number of nitrogens with zero attached hydrogens (tertiary/aromatic N) is 1. The lowest BCUT2D eigenvalue weighted by Gasteiger charge is -2.28. The zero-order valence-corrected chi connectivity index (χ0v) is 15.7. The van der Waals surface area contributed by atoms with Gasteiger partial charge >= 0.3 is 6.09 Å². The second kappa shape index (κ2) is 7.50. The lowest BCUT2D eigenvalue weighted by atomic mass is 9.81. The first-order valence-corrected chi connectivity index (χ1v) is 9.03. The maximum Gasteiger partial charge on any atom is 0.416 e. The van der Waals surface area contributed by atoms with Crippen LogP contribution in [0.1, 0.15) is 31.4 Å². The van der Waals surface area contributed by atoms with Gasteiger partial charge in [0.25, 0.3) is 0 Å². The minimum atomic E-state index is -0.553. The summed E-state index contributed by atoms with van der Waals surface area (Å²) in [5.74, 6) is -0.214. The third kappa shape index (κ3) is 4.07. The van der Waals surface area contributed by atoms with E-state index in [4.69, 9.17) is 16.3 Å². The van der Waals surface area contributed by atoms with Gasteiger partial charge in [-0.1, -0.05) is 67.9 Å². The Balaban J connectivity index is 1.74. The highest BCUT2D eigenvalue weighted by molar-refractivity contribution is 6.30. The van der Waals surface area contributed by atoms with Crippen LogP contribution >= 0.6 is 11.6 Å². The number of hydrogen-bond acceptors (Lipinski definition) is 3. The summed E-state index contributed by atoms with van der Waals surface area (Å²) in [5, 5.41) is 0.655. The predicted octanol–water partition coefficient (Wildman–Crippen LogP) is 4.60. The number of cyclic esters (lactones) is 1. The van der Waals surface area contributed by atoms with Gasteiger partial charge in [0, 0.05) is 11.4 Å². The Labute approximate surface area is 158 Å². The summed E-state index contributed by atoms with van der Waals surface area (Å²) in [6.45, 7) is 4.21. The molecule has 0 radical (unpaired) electrons. The summed E-state index contributed by atoms with van der Waals surface area (Å²) >= 11 is 5.95. The van der Waals surface area contributed by atoms with Crippen LogP contribution in [0.5, 0.6) is 0 Å². The molecule has 5 heteroatoms. The van der Waals surface area contributed by atoms with Gasteiger partial charge in [0.15, 0.2) is 0 Å². The van der Waals surface area contributed by atoms with Crippen molar-refractivity contribution in [1.29, 1.82) is 0 Å². The third-order valence-corrected chi connectivity index (χ3v) is 5.01. The standard InChI is InChI=1S/C21H22ClNO3/c1-21(2,16-8-10-17(22)11-9-16)13-19(24)23-18(14-26-20(23)25)12-15-6-4-3-5-7-15/h3-11,18H,12-14H2,1-2H3/t18-/m0/s1. The third-order valence-electron chi connectivity index (χ3n) is 4.76. The van der Waals surface area contributed by atoms with E-state index in [1.165, 1.54) is 4.90 Å². The number of halogens is 1. The van der Waals surface area contributed by atoms with Crippen LogP contribution in [0.15, 0.2) is 54.6 Å². The highest BCUT2D eigenvalue weighted by Gasteiger charge is 2.39. The molecule has 1 saturated heterocycles. The maximum atomic E-state index is 12.9. The molecule has 1 heterocycles. The summed E-state index contributed by atoms with van der Waals surface area (Å²) in [6.07, 6.45) is 0.261. The summed E-state index contributed by atoms with van der Waals surface area (Å²) in [7, 11) is 0. The average Bonchev–Trinajstić information content (AvgIpc) is 2.96. The smallest absolute Gasteiger partial charge is 0.416 e. The van der Waals surface area contributed by atoms with Gasteiger partial charge in [-0.2, -0.15) is 0 Å². The molecule has 1 aliphatic rings. The van der Waals surface area contributed by atoms with Gasteiger partial charge in [-0.05, 0) is 35.1 Å². The average molecular weight is 372 g/mol. The summed E-state index contributed by atoms with van der Waals surface area (Å²) in [5.41, 5.74) is 1.66. The lowest BCUT2D eigenvalue weighted by molar-refractivity contribution is -0.130. The minimum absolute atomic E-state index is 0.214. The normalized spacial score (nSPS) is 17.3. The van der Waals surface area contributed by atoms with E-state index in [0.29, 0.717) is 11.4 Å². The SMILES string of the molecule is CC(C)(CC(=O)N1C(=O)OC[C@@H]1Cc1ccccc1)c1ccc(Cl)cc1. The molecule has 136 valence electrons. The molecule has 0 spiro atoms. The Bertz CT molecular complexity index is 787. The molecule has 26 heavy (non-hydrogen) atoms. The summed E-state index contributed by atoms with van der Waals surface area (Å²) in [6, 6.07) is 17.0. The van der Waals surface area contributed by atoms with Crippen molar-refractivity contribution in [3.8, 4) is 0 Å². The summed E-state index contributed by atoms with van der Waals surface area (Å²) in [4.78, 5) is 26.3. The number of imide groups is 1. The van der Waals surface area contributed by atoms with Crippen LogP contribution in [-0.2, 0) is 21.4 Å². The fraction of sp³-hybridized carbons (Fsp3) is 0.333. The monoisotopic (exact) mass is 371 g/mol. The number of amides is 2. The Morgan fingerprint density at radius 1 is 1.15 bits per heavy atom. The molecule has 1 fully saturated rings. The second-order valence-corrected chi connectivity index (χ2v) is 7.69. The van der Waals surface area contributed by atoms with Crippen molar-refractivity contribution in [2.75, 3.05) is 6.61 Å². The quantitative estimate of drug-likeness (QED) is 0.771. The molecule has 0 unspecified atom stereocenters. The number of carbonyl (C=O) groups is 2. The van der Waals surface area contributed by atoms with E-state index in [1.54, 1.807) is 0 Å².